The molecule has 1 rings (SSSR count). The summed E-state index contributed by atoms with van der Waals surface area (Å²) in [6.07, 6.45) is 1.02. The number of nitrogens with one attached hydrogen (secondary N) is 1. The van der Waals surface area contributed by atoms with E-state index in [9.17, 15) is 13.2 Å². The van der Waals surface area contributed by atoms with Crippen molar-refractivity contribution in [1.82, 2.24) is 9.62 Å². The average molecular weight is 312 g/mol. The molecule has 5 nitrogen and oxygen atoms in total. The normalized spacial score (nSPS) is 13.4. The van der Waals surface area contributed by atoms with Crippen LogP contribution in [0.3, 0.4) is 0 Å². The molecule has 21 heavy (non-hydrogen) atoms. The van der Waals surface area contributed by atoms with Crippen LogP contribution < -0.4 is 4.72 Å². The van der Waals surface area contributed by atoms with Crippen LogP contribution in [0.25, 0.3) is 0 Å². The van der Waals surface area contributed by atoms with Gasteiger partial charge in [0, 0.05) is 24.7 Å². The van der Waals surface area contributed by atoms with Crippen molar-refractivity contribution < 1.29 is 13.2 Å². The molecule has 0 radical (unpaired) electrons. The lowest BCUT2D eigenvalue weighted by Crippen LogP contribution is -2.37. The van der Waals surface area contributed by atoms with E-state index in [0.29, 0.717) is 24.7 Å². The van der Waals surface area contributed by atoms with Gasteiger partial charge in [0.05, 0.1) is 4.90 Å². The number of hydrogen-bond donors (Lipinski definition) is 1. The van der Waals surface area contributed by atoms with E-state index in [2.05, 4.69) is 23.5 Å². The van der Waals surface area contributed by atoms with E-state index in [4.69, 9.17) is 0 Å². The van der Waals surface area contributed by atoms with E-state index in [1.54, 1.807) is 0 Å². The molecule has 1 aromatic rings. The van der Waals surface area contributed by atoms with Crippen molar-refractivity contribution in [3.05, 3.63) is 29.8 Å². The quantitative estimate of drug-likeness (QED) is 0.745. The number of likely N-dealkylation sites (N-methyl/N-ethyl adjacent to an activating group) is 1. The van der Waals surface area contributed by atoms with Gasteiger partial charge < -0.3 is 4.90 Å². The lowest BCUT2D eigenvalue weighted by Gasteiger charge is -2.23. The summed E-state index contributed by atoms with van der Waals surface area (Å²) >= 11 is 0. The zero-order valence-electron chi connectivity index (χ0n) is 13.1. The van der Waals surface area contributed by atoms with Crippen LogP contribution in [0.2, 0.25) is 0 Å². The molecule has 118 valence electrons. The maximum Gasteiger partial charge on any atom is 0.240 e. The summed E-state index contributed by atoms with van der Waals surface area (Å²) in [4.78, 5) is 13.5. The molecule has 0 aromatic heterocycles. The minimum absolute atomic E-state index is 0.0814. The van der Waals surface area contributed by atoms with Gasteiger partial charge in [-0.1, -0.05) is 19.1 Å². The van der Waals surface area contributed by atoms with Crippen molar-refractivity contribution in [3.63, 3.8) is 0 Å². The minimum atomic E-state index is -3.52. The molecule has 0 fully saturated rings. The van der Waals surface area contributed by atoms with Gasteiger partial charge in [-0.3, -0.25) is 4.79 Å². The summed E-state index contributed by atoms with van der Waals surface area (Å²) in [6, 6.07) is 6.39. The Hall–Kier alpha value is -1.24. The van der Waals surface area contributed by atoms with E-state index in [0.717, 1.165) is 6.42 Å². The first-order valence-corrected chi connectivity index (χ1v) is 8.57. The molecule has 0 bridgehead atoms. The second kappa shape index (κ2) is 7.68. The van der Waals surface area contributed by atoms with Crippen LogP contribution >= 0.6 is 0 Å². The number of ketones is 1. The number of carbonyl (C=O) groups excluding carboxylic acids is 1. The van der Waals surface area contributed by atoms with Gasteiger partial charge in [-0.05, 0) is 39.4 Å². The summed E-state index contributed by atoms with van der Waals surface area (Å²) in [7, 11) is -1.54. The third kappa shape index (κ3) is 5.22. The van der Waals surface area contributed by atoms with Gasteiger partial charge >= 0.3 is 0 Å². The fourth-order valence-electron chi connectivity index (χ4n) is 1.84. The average Bonchev–Trinajstić information content (AvgIpc) is 2.46. The fraction of sp³-hybridized carbons (Fsp3) is 0.533. The second-order valence-corrected chi connectivity index (χ2v) is 6.98. The minimum Gasteiger partial charge on any atom is -0.302 e. The number of benzene rings is 1. The number of sulfonamides is 1. The zero-order valence-corrected chi connectivity index (χ0v) is 13.9. The van der Waals surface area contributed by atoms with Crippen LogP contribution in [0.4, 0.5) is 0 Å². The van der Waals surface area contributed by atoms with Gasteiger partial charge in [0.25, 0.3) is 0 Å². The highest BCUT2D eigenvalue weighted by atomic mass is 32.2. The van der Waals surface area contributed by atoms with Crippen molar-refractivity contribution in [2.75, 3.05) is 20.1 Å². The summed E-state index contributed by atoms with van der Waals surface area (Å²) in [5, 5.41) is 0. The van der Waals surface area contributed by atoms with Gasteiger partial charge in [-0.25, -0.2) is 13.1 Å². The maximum absolute atomic E-state index is 12.1. The first kappa shape index (κ1) is 17.8. The number of nitrogens with zero attached hydrogens (tertiary/aromatic N) is 1. The molecule has 0 unspecified atom stereocenters. The van der Waals surface area contributed by atoms with Crippen molar-refractivity contribution in [3.8, 4) is 0 Å². The van der Waals surface area contributed by atoms with E-state index < -0.39 is 10.0 Å². The van der Waals surface area contributed by atoms with E-state index in [1.165, 1.54) is 31.2 Å². The van der Waals surface area contributed by atoms with Crippen LogP contribution in [0.5, 0.6) is 0 Å². The predicted molar refractivity (Wildman–Crippen MR) is 84.0 cm³/mol. The van der Waals surface area contributed by atoms with Crippen molar-refractivity contribution in [2.24, 2.45) is 0 Å². The highest BCUT2D eigenvalue weighted by molar-refractivity contribution is 7.89. The molecule has 0 aliphatic carbocycles. The molecular weight excluding hydrogens is 288 g/mol. The highest BCUT2D eigenvalue weighted by Crippen LogP contribution is 2.11. The van der Waals surface area contributed by atoms with Crippen LogP contribution in [-0.2, 0) is 10.0 Å². The van der Waals surface area contributed by atoms with E-state index in [1.807, 2.05) is 7.05 Å². The summed E-state index contributed by atoms with van der Waals surface area (Å²) in [5.74, 6) is -0.0814. The highest BCUT2D eigenvalue weighted by Gasteiger charge is 2.14. The van der Waals surface area contributed by atoms with Gasteiger partial charge in [0.15, 0.2) is 5.78 Å². The molecule has 6 heteroatoms. The number of carbonyl (C=O) groups is 1. The summed E-state index contributed by atoms with van der Waals surface area (Å²) in [5.41, 5.74) is 0.505. The van der Waals surface area contributed by atoms with Gasteiger partial charge in [-0.15, -0.1) is 0 Å². The topological polar surface area (TPSA) is 66.5 Å². The molecule has 0 heterocycles. The zero-order chi connectivity index (χ0) is 16.0. The van der Waals surface area contributed by atoms with Crippen molar-refractivity contribution in [1.29, 1.82) is 0 Å². The smallest absolute Gasteiger partial charge is 0.240 e. The Morgan fingerprint density at radius 1 is 1.29 bits per heavy atom. The molecule has 0 aliphatic rings. The van der Waals surface area contributed by atoms with Crippen LogP contribution in [0, 0.1) is 0 Å². The van der Waals surface area contributed by atoms with E-state index >= 15 is 0 Å². The molecule has 1 aromatic carbocycles. The Morgan fingerprint density at radius 2 is 1.86 bits per heavy atom. The molecule has 0 spiro atoms. The Bertz CT molecular complexity index is 567. The number of Topliss-reactive ketones (excluding diaryl/α,β-unsaturated/α-hetero) is 1. The first-order valence-electron chi connectivity index (χ1n) is 7.08. The van der Waals surface area contributed by atoms with Crippen LogP contribution in [-0.4, -0.2) is 45.3 Å². The lowest BCUT2D eigenvalue weighted by molar-refractivity contribution is 0.101. The van der Waals surface area contributed by atoms with Crippen LogP contribution in [0.1, 0.15) is 37.6 Å². The third-order valence-corrected chi connectivity index (χ3v) is 5.15. The maximum atomic E-state index is 12.1. The molecule has 0 aliphatic heterocycles. The monoisotopic (exact) mass is 312 g/mol. The summed E-state index contributed by atoms with van der Waals surface area (Å²) in [6.45, 7) is 6.67. The third-order valence-electron chi connectivity index (χ3n) is 3.67. The Morgan fingerprint density at radius 3 is 2.33 bits per heavy atom. The summed E-state index contributed by atoms with van der Waals surface area (Å²) < 4.78 is 26.8. The molecule has 0 saturated carbocycles. The molecule has 1 atom stereocenters. The van der Waals surface area contributed by atoms with Crippen molar-refractivity contribution in [2.45, 2.75) is 38.1 Å². The molecule has 0 saturated heterocycles. The molecule has 1 N–H and O–H groups in total. The first-order chi connectivity index (χ1) is 9.77. The number of hydrogen-bond acceptors (Lipinski definition) is 4. The van der Waals surface area contributed by atoms with Crippen molar-refractivity contribution >= 4 is 15.8 Å². The van der Waals surface area contributed by atoms with E-state index in [-0.39, 0.29) is 10.7 Å². The largest absolute Gasteiger partial charge is 0.302 e. The van der Waals surface area contributed by atoms with Crippen LogP contribution in [0.15, 0.2) is 29.2 Å². The molecule has 0 amide bonds. The Labute approximate surface area is 127 Å². The Balaban J connectivity index is 2.63. The SMILES string of the molecule is CC[C@H](C)N(C)CCNS(=O)(=O)c1ccc(C(C)=O)cc1. The Kier molecular flexibility index (Phi) is 6.51. The van der Waals surface area contributed by atoms with Gasteiger partial charge in [0.2, 0.25) is 10.0 Å². The van der Waals surface area contributed by atoms with Gasteiger partial charge in [0.1, 0.15) is 0 Å². The second-order valence-electron chi connectivity index (χ2n) is 5.22. The number of rotatable bonds is 8. The fourth-order valence-corrected chi connectivity index (χ4v) is 2.86. The standard InChI is InChI=1S/C15H24N2O3S/c1-5-12(2)17(4)11-10-16-21(19,20)15-8-6-14(7-9-15)13(3)18/h6-9,12,16H,5,10-11H2,1-4H3/t12-/m0/s1. The molecular formula is C15H24N2O3S. The predicted octanol–water partition coefficient (Wildman–Crippen LogP) is 1.90. The lowest BCUT2D eigenvalue weighted by atomic mass is 10.2. The van der Waals surface area contributed by atoms with Gasteiger partial charge in [-0.2, -0.15) is 0 Å².